The van der Waals surface area contributed by atoms with Crippen LogP contribution in [0.15, 0.2) is 24.3 Å². The van der Waals surface area contributed by atoms with Gasteiger partial charge in [-0.2, -0.15) is 0 Å². The van der Waals surface area contributed by atoms with Gasteiger partial charge in [-0.25, -0.2) is 0 Å². The van der Waals surface area contributed by atoms with Gasteiger partial charge in [-0.3, -0.25) is 0 Å². The average molecular weight is 282 g/mol. The fourth-order valence-corrected chi connectivity index (χ4v) is 3.19. The normalized spacial score (nSPS) is 20.2. The van der Waals surface area contributed by atoms with Gasteiger partial charge >= 0.3 is 0 Å². The Morgan fingerprint density at radius 2 is 1.84 bits per heavy atom. The van der Waals surface area contributed by atoms with E-state index in [1.165, 1.54) is 32.1 Å². The van der Waals surface area contributed by atoms with Crippen LogP contribution in [0.5, 0.6) is 0 Å². The summed E-state index contributed by atoms with van der Waals surface area (Å²) < 4.78 is 5.97. The molecule has 106 valence electrons. The first-order valence-electron chi connectivity index (χ1n) is 7.35. The van der Waals surface area contributed by atoms with Crippen LogP contribution in [-0.4, -0.2) is 12.7 Å². The standard InChI is InChI=1S/C16H24ClNO/c1-2-19-16(13-6-4-3-5-7-13)15(18)12-8-10-14(17)11-9-12/h8-11,13,15-16H,2-7,18H2,1H3. The average Bonchev–Trinajstić information content (AvgIpc) is 2.46. The summed E-state index contributed by atoms with van der Waals surface area (Å²) in [6.45, 7) is 2.77. The molecule has 0 radical (unpaired) electrons. The maximum atomic E-state index is 6.44. The predicted octanol–water partition coefficient (Wildman–Crippen LogP) is 4.33. The van der Waals surface area contributed by atoms with Gasteiger partial charge in [0.15, 0.2) is 0 Å². The SMILES string of the molecule is CCOC(C1CCCCC1)C(N)c1ccc(Cl)cc1. The van der Waals surface area contributed by atoms with E-state index in [0.717, 1.165) is 17.2 Å². The maximum absolute atomic E-state index is 6.44. The molecule has 0 saturated heterocycles. The van der Waals surface area contributed by atoms with Crippen LogP contribution in [0.1, 0.15) is 50.6 Å². The lowest BCUT2D eigenvalue weighted by atomic mass is 9.81. The molecule has 2 rings (SSSR count). The maximum Gasteiger partial charge on any atom is 0.0795 e. The van der Waals surface area contributed by atoms with Crippen molar-refractivity contribution in [2.24, 2.45) is 11.7 Å². The fourth-order valence-electron chi connectivity index (χ4n) is 3.06. The summed E-state index contributed by atoms with van der Waals surface area (Å²) in [4.78, 5) is 0. The molecule has 1 aliphatic carbocycles. The van der Waals surface area contributed by atoms with Crippen LogP contribution in [-0.2, 0) is 4.74 Å². The predicted molar refractivity (Wildman–Crippen MR) is 80.4 cm³/mol. The number of rotatable bonds is 5. The lowest BCUT2D eigenvalue weighted by Crippen LogP contribution is -2.36. The zero-order valence-electron chi connectivity index (χ0n) is 11.6. The quantitative estimate of drug-likeness (QED) is 0.872. The van der Waals surface area contributed by atoms with Crippen LogP contribution in [0.3, 0.4) is 0 Å². The van der Waals surface area contributed by atoms with Gasteiger partial charge in [-0.05, 0) is 43.4 Å². The Balaban J connectivity index is 2.10. The van der Waals surface area contributed by atoms with Crippen LogP contribution in [0, 0.1) is 5.92 Å². The van der Waals surface area contributed by atoms with Crippen molar-refractivity contribution in [2.45, 2.75) is 51.2 Å². The minimum Gasteiger partial charge on any atom is -0.376 e. The Morgan fingerprint density at radius 1 is 1.21 bits per heavy atom. The van der Waals surface area contributed by atoms with E-state index in [4.69, 9.17) is 22.1 Å². The fraction of sp³-hybridized carbons (Fsp3) is 0.625. The highest BCUT2D eigenvalue weighted by atomic mass is 35.5. The van der Waals surface area contributed by atoms with Crippen molar-refractivity contribution in [2.75, 3.05) is 6.61 Å². The van der Waals surface area contributed by atoms with Gasteiger partial charge in [0.05, 0.1) is 12.1 Å². The van der Waals surface area contributed by atoms with Gasteiger partial charge in [0.25, 0.3) is 0 Å². The van der Waals surface area contributed by atoms with Crippen molar-refractivity contribution in [3.05, 3.63) is 34.9 Å². The summed E-state index contributed by atoms with van der Waals surface area (Å²) >= 11 is 5.93. The molecule has 0 amide bonds. The van der Waals surface area contributed by atoms with E-state index in [1.54, 1.807) is 0 Å². The van der Waals surface area contributed by atoms with Gasteiger partial charge in [-0.1, -0.05) is 43.0 Å². The molecule has 1 aliphatic rings. The van der Waals surface area contributed by atoms with Crippen molar-refractivity contribution in [1.82, 2.24) is 0 Å². The summed E-state index contributed by atoms with van der Waals surface area (Å²) in [5.41, 5.74) is 7.56. The Morgan fingerprint density at radius 3 is 2.42 bits per heavy atom. The molecule has 1 aromatic rings. The van der Waals surface area contributed by atoms with Crippen molar-refractivity contribution < 1.29 is 4.74 Å². The lowest BCUT2D eigenvalue weighted by molar-refractivity contribution is -0.00985. The van der Waals surface area contributed by atoms with E-state index >= 15 is 0 Å². The first-order valence-corrected chi connectivity index (χ1v) is 7.72. The second kappa shape index (κ2) is 7.28. The molecule has 2 unspecified atom stereocenters. The molecule has 3 heteroatoms. The number of halogens is 1. The van der Waals surface area contributed by atoms with Gasteiger partial charge < -0.3 is 10.5 Å². The first-order chi connectivity index (χ1) is 9.22. The van der Waals surface area contributed by atoms with Crippen molar-refractivity contribution in [3.63, 3.8) is 0 Å². The van der Waals surface area contributed by atoms with E-state index < -0.39 is 0 Å². The minimum absolute atomic E-state index is 0.0553. The topological polar surface area (TPSA) is 35.2 Å². The summed E-state index contributed by atoms with van der Waals surface area (Å²) in [5, 5.41) is 0.751. The molecular formula is C16H24ClNO. The third-order valence-corrected chi connectivity index (χ3v) is 4.33. The van der Waals surface area contributed by atoms with Crippen molar-refractivity contribution in [3.8, 4) is 0 Å². The zero-order valence-corrected chi connectivity index (χ0v) is 12.4. The Bertz CT molecular complexity index is 373. The van der Waals surface area contributed by atoms with Crippen LogP contribution in [0.4, 0.5) is 0 Å². The number of nitrogens with two attached hydrogens (primary N) is 1. The summed E-state index contributed by atoms with van der Waals surface area (Å²) in [6, 6.07) is 7.78. The highest BCUT2D eigenvalue weighted by molar-refractivity contribution is 6.30. The molecule has 1 fully saturated rings. The molecule has 1 saturated carbocycles. The summed E-state index contributed by atoms with van der Waals surface area (Å²) in [6.07, 6.45) is 6.58. The molecule has 0 spiro atoms. The number of benzene rings is 1. The van der Waals surface area contributed by atoms with E-state index in [1.807, 2.05) is 31.2 Å². The summed E-state index contributed by atoms with van der Waals surface area (Å²) in [7, 11) is 0. The molecule has 0 bridgehead atoms. The second-order valence-corrected chi connectivity index (χ2v) is 5.83. The van der Waals surface area contributed by atoms with Gasteiger partial charge in [0, 0.05) is 11.6 Å². The molecule has 0 aromatic heterocycles. The second-order valence-electron chi connectivity index (χ2n) is 5.40. The van der Waals surface area contributed by atoms with Crippen LogP contribution >= 0.6 is 11.6 Å². The third-order valence-electron chi connectivity index (χ3n) is 4.08. The highest BCUT2D eigenvalue weighted by Gasteiger charge is 2.29. The van der Waals surface area contributed by atoms with Gasteiger partial charge in [0.2, 0.25) is 0 Å². The van der Waals surface area contributed by atoms with E-state index in [9.17, 15) is 0 Å². The minimum atomic E-state index is -0.0553. The molecule has 0 aliphatic heterocycles. The van der Waals surface area contributed by atoms with E-state index in [2.05, 4.69) is 0 Å². The van der Waals surface area contributed by atoms with Gasteiger partial charge in [0.1, 0.15) is 0 Å². The van der Waals surface area contributed by atoms with E-state index in [-0.39, 0.29) is 12.1 Å². The molecule has 1 aromatic carbocycles. The zero-order chi connectivity index (χ0) is 13.7. The van der Waals surface area contributed by atoms with Gasteiger partial charge in [-0.15, -0.1) is 0 Å². The molecule has 0 heterocycles. The smallest absolute Gasteiger partial charge is 0.0795 e. The molecule has 2 N–H and O–H groups in total. The van der Waals surface area contributed by atoms with E-state index in [0.29, 0.717) is 5.92 Å². The third kappa shape index (κ3) is 3.95. The number of hydrogen-bond donors (Lipinski definition) is 1. The molecule has 19 heavy (non-hydrogen) atoms. The Labute approximate surface area is 121 Å². The van der Waals surface area contributed by atoms with Crippen LogP contribution in [0.25, 0.3) is 0 Å². The first kappa shape index (κ1) is 14.8. The largest absolute Gasteiger partial charge is 0.376 e. The number of hydrogen-bond acceptors (Lipinski definition) is 2. The van der Waals surface area contributed by atoms with Crippen molar-refractivity contribution in [1.29, 1.82) is 0 Å². The molecule has 2 atom stereocenters. The molecular weight excluding hydrogens is 258 g/mol. The molecule has 2 nitrogen and oxygen atoms in total. The Kier molecular flexibility index (Phi) is 5.68. The highest BCUT2D eigenvalue weighted by Crippen LogP contribution is 2.33. The Hall–Kier alpha value is -0.570. The monoisotopic (exact) mass is 281 g/mol. The summed E-state index contributed by atoms with van der Waals surface area (Å²) in [5.74, 6) is 0.597. The van der Waals surface area contributed by atoms with Crippen LogP contribution in [0.2, 0.25) is 5.02 Å². The van der Waals surface area contributed by atoms with Crippen molar-refractivity contribution >= 4 is 11.6 Å². The lowest BCUT2D eigenvalue weighted by Gasteiger charge is -2.34. The van der Waals surface area contributed by atoms with Crippen LogP contribution < -0.4 is 5.73 Å². The number of ether oxygens (including phenoxy) is 1.